The highest BCUT2D eigenvalue weighted by Crippen LogP contribution is 2.48. The van der Waals surface area contributed by atoms with Crippen molar-refractivity contribution in [2.75, 3.05) is 19.5 Å². The fraction of sp³-hybridized carbons (Fsp3) is 0.412. The maximum atomic E-state index is 12.7. The Labute approximate surface area is 144 Å². The molecule has 0 spiro atoms. The summed E-state index contributed by atoms with van der Waals surface area (Å²) in [5.74, 6) is -1.89. The molecule has 2 aliphatic rings. The zero-order valence-corrected chi connectivity index (χ0v) is 14.0. The van der Waals surface area contributed by atoms with E-state index < -0.39 is 17.8 Å². The highest BCUT2D eigenvalue weighted by atomic mass is 35.5. The molecule has 24 heavy (non-hydrogen) atoms. The van der Waals surface area contributed by atoms with Gasteiger partial charge in [-0.05, 0) is 18.3 Å². The zero-order valence-electron chi connectivity index (χ0n) is 13.3. The first-order valence-electron chi connectivity index (χ1n) is 7.59. The van der Waals surface area contributed by atoms with E-state index in [2.05, 4.69) is 5.32 Å². The zero-order chi connectivity index (χ0) is 17.4. The minimum Gasteiger partial charge on any atom is -0.495 e. The van der Waals surface area contributed by atoms with Gasteiger partial charge in [-0.1, -0.05) is 23.8 Å². The minimum absolute atomic E-state index is 0.0451. The molecule has 6 nitrogen and oxygen atoms in total. The molecule has 1 fully saturated rings. The Bertz CT molecular complexity index is 717. The van der Waals surface area contributed by atoms with Gasteiger partial charge in [0.05, 0.1) is 36.8 Å². The van der Waals surface area contributed by atoms with E-state index in [1.807, 2.05) is 12.2 Å². The lowest BCUT2D eigenvalue weighted by Gasteiger charge is -2.24. The van der Waals surface area contributed by atoms with Crippen LogP contribution in [0.5, 0.6) is 11.5 Å². The van der Waals surface area contributed by atoms with E-state index in [1.54, 1.807) is 12.1 Å². The lowest BCUT2D eigenvalue weighted by Crippen LogP contribution is -2.36. The second-order valence-corrected chi connectivity index (χ2v) is 6.42. The van der Waals surface area contributed by atoms with E-state index >= 15 is 0 Å². The summed E-state index contributed by atoms with van der Waals surface area (Å²) in [5, 5.41) is 12.6. The average molecular weight is 352 g/mol. The predicted octanol–water partition coefficient (Wildman–Crippen LogP) is 2.82. The molecule has 0 heterocycles. The van der Waals surface area contributed by atoms with Crippen LogP contribution < -0.4 is 14.8 Å². The van der Waals surface area contributed by atoms with Crippen molar-refractivity contribution in [2.45, 2.75) is 6.42 Å². The molecule has 4 atom stereocenters. The smallest absolute Gasteiger partial charge is 0.307 e. The van der Waals surface area contributed by atoms with Crippen molar-refractivity contribution >= 4 is 29.2 Å². The first-order chi connectivity index (χ1) is 11.5. The minimum atomic E-state index is -0.937. The van der Waals surface area contributed by atoms with Gasteiger partial charge in [-0.15, -0.1) is 0 Å². The summed E-state index contributed by atoms with van der Waals surface area (Å²) >= 11 is 6.06. The third-order valence-electron chi connectivity index (χ3n) is 4.78. The van der Waals surface area contributed by atoms with Crippen molar-refractivity contribution in [3.05, 3.63) is 29.3 Å². The van der Waals surface area contributed by atoms with E-state index in [0.29, 0.717) is 28.6 Å². The number of hydrogen-bond donors (Lipinski definition) is 2. The Morgan fingerprint density at radius 3 is 2.33 bits per heavy atom. The van der Waals surface area contributed by atoms with Crippen LogP contribution in [0.25, 0.3) is 0 Å². The van der Waals surface area contributed by atoms with Gasteiger partial charge >= 0.3 is 5.97 Å². The number of carbonyl (C=O) groups excluding carboxylic acids is 1. The van der Waals surface area contributed by atoms with Crippen LogP contribution >= 0.6 is 11.6 Å². The van der Waals surface area contributed by atoms with Crippen molar-refractivity contribution in [3.8, 4) is 11.5 Å². The van der Waals surface area contributed by atoms with E-state index in [9.17, 15) is 14.7 Å². The molecule has 0 radical (unpaired) electrons. The molecule has 3 rings (SSSR count). The Kier molecular flexibility index (Phi) is 4.41. The number of carboxylic acid groups (broad SMARTS) is 1. The van der Waals surface area contributed by atoms with Crippen LogP contribution in [0.3, 0.4) is 0 Å². The van der Waals surface area contributed by atoms with Gasteiger partial charge in [-0.2, -0.15) is 0 Å². The monoisotopic (exact) mass is 351 g/mol. The molecule has 7 heteroatoms. The second kappa shape index (κ2) is 6.36. The van der Waals surface area contributed by atoms with Gasteiger partial charge in [0, 0.05) is 12.1 Å². The number of benzene rings is 1. The third-order valence-corrected chi connectivity index (χ3v) is 5.07. The number of hydrogen-bond acceptors (Lipinski definition) is 4. The van der Waals surface area contributed by atoms with Crippen LogP contribution in [0, 0.1) is 23.7 Å². The number of allylic oxidation sites excluding steroid dienone is 2. The SMILES string of the molecule is COc1cc(NC(=O)[C@@H]2[C@@H](C(=O)O)[C@H]3C=C[C@H]2C3)c(OC)cc1Cl. The van der Waals surface area contributed by atoms with Crippen LogP contribution in [0.15, 0.2) is 24.3 Å². The molecule has 1 aromatic rings. The normalized spacial score (nSPS) is 27.1. The van der Waals surface area contributed by atoms with Crippen LogP contribution in [-0.2, 0) is 9.59 Å². The number of amides is 1. The lowest BCUT2D eigenvalue weighted by molar-refractivity contribution is -0.146. The second-order valence-electron chi connectivity index (χ2n) is 6.01. The van der Waals surface area contributed by atoms with Gasteiger partial charge in [0.25, 0.3) is 0 Å². The summed E-state index contributed by atoms with van der Waals surface area (Å²) < 4.78 is 10.4. The van der Waals surface area contributed by atoms with Crippen LogP contribution in [0.1, 0.15) is 6.42 Å². The molecule has 2 bridgehead atoms. The van der Waals surface area contributed by atoms with Gasteiger partial charge in [0.1, 0.15) is 11.5 Å². The largest absolute Gasteiger partial charge is 0.495 e. The first-order valence-corrected chi connectivity index (χ1v) is 7.97. The molecular formula is C17H18ClNO5. The quantitative estimate of drug-likeness (QED) is 0.797. The summed E-state index contributed by atoms with van der Waals surface area (Å²) in [6, 6.07) is 3.11. The number of rotatable bonds is 5. The van der Waals surface area contributed by atoms with Gasteiger partial charge in [0.2, 0.25) is 5.91 Å². The van der Waals surface area contributed by atoms with Crippen molar-refractivity contribution in [3.63, 3.8) is 0 Å². The molecule has 2 N–H and O–H groups in total. The number of carbonyl (C=O) groups is 2. The molecule has 1 amide bonds. The highest BCUT2D eigenvalue weighted by Gasteiger charge is 2.51. The van der Waals surface area contributed by atoms with Gasteiger partial charge < -0.3 is 19.9 Å². The Morgan fingerprint density at radius 2 is 1.75 bits per heavy atom. The first kappa shape index (κ1) is 16.6. The van der Waals surface area contributed by atoms with E-state index in [4.69, 9.17) is 21.1 Å². The van der Waals surface area contributed by atoms with Crippen LogP contribution in [0.2, 0.25) is 5.02 Å². The van der Waals surface area contributed by atoms with Gasteiger partial charge in [-0.25, -0.2) is 0 Å². The van der Waals surface area contributed by atoms with Gasteiger partial charge in [-0.3, -0.25) is 9.59 Å². The average Bonchev–Trinajstić information content (AvgIpc) is 3.16. The molecule has 2 aliphatic carbocycles. The van der Waals surface area contributed by atoms with Crippen molar-refractivity contribution in [1.29, 1.82) is 0 Å². The van der Waals surface area contributed by atoms with Crippen LogP contribution in [0.4, 0.5) is 5.69 Å². The number of halogens is 1. The summed E-state index contributed by atoms with van der Waals surface area (Å²) in [7, 11) is 2.94. The fourth-order valence-corrected chi connectivity index (χ4v) is 3.92. The number of methoxy groups -OCH3 is 2. The van der Waals surface area contributed by atoms with E-state index in [-0.39, 0.29) is 17.7 Å². The number of ether oxygens (including phenoxy) is 2. The molecule has 0 aliphatic heterocycles. The van der Waals surface area contributed by atoms with Crippen molar-refractivity contribution in [1.82, 2.24) is 0 Å². The van der Waals surface area contributed by atoms with Crippen molar-refractivity contribution < 1.29 is 24.2 Å². The number of anilines is 1. The molecule has 1 aromatic carbocycles. The van der Waals surface area contributed by atoms with Crippen molar-refractivity contribution in [2.24, 2.45) is 23.7 Å². The highest BCUT2D eigenvalue weighted by molar-refractivity contribution is 6.32. The molecule has 1 saturated carbocycles. The van der Waals surface area contributed by atoms with Gasteiger partial charge in [0.15, 0.2) is 0 Å². The number of carboxylic acids is 1. The number of aliphatic carboxylic acids is 1. The summed E-state index contributed by atoms with van der Waals surface area (Å²) in [4.78, 5) is 24.3. The summed E-state index contributed by atoms with van der Waals surface area (Å²) in [6.45, 7) is 0. The molecule has 0 saturated heterocycles. The van der Waals surface area contributed by atoms with Crippen LogP contribution in [-0.4, -0.2) is 31.2 Å². The molecule has 0 unspecified atom stereocenters. The third kappa shape index (κ3) is 2.71. The number of nitrogens with one attached hydrogen (secondary N) is 1. The van der Waals surface area contributed by atoms with E-state index in [0.717, 1.165) is 0 Å². The Hall–Kier alpha value is -2.21. The maximum Gasteiger partial charge on any atom is 0.307 e. The Morgan fingerprint density at radius 1 is 1.12 bits per heavy atom. The lowest BCUT2D eigenvalue weighted by atomic mass is 9.82. The molecule has 0 aromatic heterocycles. The molecule has 128 valence electrons. The fourth-order valence-electron chi connectivity index (χ4n) is 3.69. The number of fused-ring (bicyclic) bond motifs is 2. The summed E-state index contributed by atoms with van der Waals surface area (Å²) in [6.07, 6.45) is 4.54. The maximum absolute atomic E-state index is 12.7. The predicted molar refractivity (Wildman–Crippen MR) is 88.5 cm³/mol. The summed E-state index contributed by atoms with van der Waals surface area (Å²) in [5.41, 5.74) is 0.402. The topological polar surface area (TPSA) is 84.9 Å². The molecular weight excluding hydrogens is 334 g/mol. The van der Waals surface area contributed by atoms with E-state index in [1.165, 1.54) is 14.2 Å². The standard InChI is InChI=1S/C17H18ClNO5/c1-23-12-7-11(13(24-2)6-10(12)18)19-16(20)14-8-3-4-9(5-8)15(14)17(21)22/h3-4,6-9,14-15H,5H2,1-2H3,(H,19,20)(H,21,22)/t8-,9-,14-,15-/m0/s1. The Balaban J connectivity index is 1.87.